The van der Waals surface area contributed by atoms with Gasteiger partial charge in [-0.3, -0.25) is 0 Å². The van der Waals surface area contributed by atoms with Crippen molar-refractivity contribution in [1.82, 2.24) is 0 Å². The molecule has 0 saturated heterocycles. The SMILES string of the molecule is FC(F)(F)c1cccc(COc2ccc(C3CC3)cc2)c1. The van der Waals surface area contributed by atoms with E-state index < -0.39 is 11.7 Å². The van der Waals surface area contributed by atoms with Crippen LogP contribution in [0.2, 0.25) is 0 Å². The highest BCUT2D eigenvalue weighted by molar-refractivity contribution is 5.32. The van der Waals surface area contributed by atoms with Gasteiger partial charge in [-0.15, -0.1) is 0 Å². The van der Waals surface area contributed by atoms with Crippen LogP contribution >= 0.6 is 0 Å². The first kappa shape index (κ1) is 14.0. The van der Waals surface area contributed by atoms with Gasteiger partial charge in [0.05, 0.1) is 5.56 Å². The van der Waals surface area contributed by atoms with Crippen molar-refractivity contribution in [2.24, 2.45) is 0 Å². The molecule has 0 spiro atoms. The van der Waals surface area contributed by atoms with Crippen molar-refractivity contribution >= 4 is 0 Å². The summed E-state index contributed by atoms with van der Waals surface area (Å²) in [7, 11) is 0. The molecule has 3 rings (SSSR count). The van der Waals surface area contributed by atoms with Gasteiger partial charge in [-0.2, -0.15) is 13.2 Å². The maximum Gasteiger partial charge on any atom is 0.416 e. The molecular weight excluding hydrogens is 277 g/mol. The monoisotopic (exact) mass is 292 g/mol. The van der Waals surface area contributed by atoms with Crippen molar-refractivity contribution in [2.45, 2.75) is 31.5 Å². The van der Waals surface area contributed by atoms with E-state index in [2.05, 4.69) is 0 Å². The van der Waals surface area contributed by atoms with E-state index in [0.717, 1.165) is 12.1 Å². The third kappa shape index (κ3) is 3.57. The Kier molecular flexibility index (Phi) is 3.62. The number of alkyl halides is 3. The first-order valence-corrected chi connectivity index (χ1v) is 6.91. The van der Waals surface area contributed by atoms with E-state index >= 15 is 0 Å². The van der Waals surface area contributed by atoms with Gasteiger partial charge in [0.2, 0.25) is 0 Å². The fraction of sp³-hybridized carbons (Fsp3) is 0.294. The summed E-state index contributed by atoms with van der Waals surface area (Å²) in [5.41, 5.74) is 1.17. The van der Waals surface area contributed by atoms with E-state index in [9.17, 15) is 13.2 Å². The van der Waals surface area contributed by atoms with Crippen LogP contribution in [-0.2, 0) is 12.8 Å². The van der Waals surface area contributed by atoms with Gasteiger partial charge in [-0.05, 0) is 54.2 Å². The maximum absolute atomic E-state index is 12.6. The molecule has 2 aromatic rings. The number of ether oxygens (including phenoxy) is 1. The van der Waals surface area contributed by atoms with Gasteiger partial charge in [-0.1, -0.05) is 24.3 Å². The molecule has 0 atom stereocenters. The first-order valence-electron chi connectivity index (χ1n) is 6.91. The third-order valence-electron chi connectivity index (χ3n) is 3.59. The Morgan fingerprint density at radius 2 is 1.71 bits per heavy atom. The average Bonchev–Trinajstić information content (AvgIpc) is 3.30. The molecule has 1 fully saturated rings. The molecule has 1 saturated carbocycles. The normalized spacial score (nSPS) is 15.0. The Bertz CT molecular complexity index is 613. The van der Waals surface area contributed by atoms with Gasteiger partial charge in [-0.25, -0.2) is 0 Å². The predicted octanol–water partition coefficient (Wildman–Crippen LogP) is 5.16. The van der Waals surface area contributed by atoms with Crippen LogP contribution in [0, 0.1) is 0 Å². The summed E-state index contributed by atoms with van der Waals surface area (Å²) in [5, 5.41) is 0. The molecule has 0 aromatic heterocycles. The second-order valence-corrected chi connectivity index (χ2v) is 5.33. The smallest absolute Gasteiger partial charge is 0.416 e. The largest absolute Gasteiger partial charge is 0.489 e. The van der Waals surface area contributed by atoms with Gasteiger partial charge in [0.15, 0.2) is 0 Å². The summed E-state index contributed by atoms with van der Waals surface area (Å²) in [5.74, 6) is 1.36. The lowest BCUT2D eigenvalue weighted by atomic mass is 10.1. The highest BCUT2D eigenvalue weighted by Gasteiger charge is 2.30. The maximum atomic E-state index is 12.6. The van der Waals surface area contributed by atoms with Crippen LogP contribution < -0.4 is 4.74 Å². The first-order chi connectivity index (χ1) is 10.0. The second-order valence-electron chi connectivity index (χ2n) is 5.33. The molecule has 0 amide bonds. The molecule has 0 aliphatic heterocycles. The number of benzene rings is 2. The van der Waals surface area contributed by atoms with Crippen molar-refractivity contribution in [3.05, 3.63) is 65.2 Å². The van der Waals surface area contributed by atoms with Crippen LogP contribution in [0.25, 0.3) is 0 Å². The summed E-state index contributed by atoms with van der Waals surface area (Å²) < 4.78 is 43.4. The lowest BCUT2D eigenvalue weighted by Crippen LogP contribution is -2.06. The van der Waals surface area contributed by atoms with Crippen LogP contribution in [0.15, 0.2) is 48.5 Å². The number of hydrogen-bond acceptors (Lipinski definition) is 1. The van der Waals surface area contributed by atoms with Gasteiger partial charge >= 0.3 is 6.18 Å². The zero-order valence-corrected chi connectivity index (χ0v) is 11.4. The fourth-order valence-electron chi connectivity index (χ4n) is 2.26. The van der Waals surface area contributed by atoms with E-state index in [0.29, 0.717) is 17.2 Å². The van der Waals surface area contributed by atoms with Crippen LogP contribution in [-0.4, -0.2) is 0 Å². The molecule has 0 radical (unpaired) electrons. The third-order valence-corrected chi connectivity index (χ3v) is 3.59. The molecule has 4 heteroatoms. The van der Waals surface area contributed by atoms with Crippen molar-refractivity contribution < 1.29 is 17.9 Å². The average molecular weight is 292 g/mol. The van der Waals surface area contributed by atoms with Crippen molar-refractivity contribution in [3.8, 4) is 5.75 Å². The molecule has 1 nitrogen and oxygen atoms in total. The Hall–Kier alpha value is -1.97. The highest BCUT2D eigenvalue weighted by atomic mass is 19.4. The Labute approximate surface area is 121 Å². The van der Waals surface area contributed by atoms with E-state index in [1.807, 2.05) is 24.3 Å². The Balaban J connectivity index is 1.64. The van der Waals surface area contributed by atoms with Gasteiger partial charge in [0.25, 0.3) is 0 Å². The lowest BCUT2D eigenvalue weighted by Gasteiger charge is -2.10. The zero-order valence-electron chi connectivity index (χ0n) is 11.4. The minimum absolute atomic E-state index is 0.132. The van der Waals surface area contributed by atoms with E-state index in [-0.39, 0.29) is 6.61 Å². The number of rotatable bonds is 4. The molecule has 1 aliphatic rings. The van der Waals surface area contributed by atoms with Crippen LogP contribution in [0.3, 0.4) is 0 Å². The molecule has 0 unspecified atom stereocenters. The van der Waals surface area contributed by atoms with Crippen LogP contribution in [0.4, 0.5) is 13.2 Å². The molecule has 0 heterocycles. The fourth-order valence-corrected chi connectivity index (χ4v) is 2.26. The van der Waals surface area contributed by atoms with E-state index in [4.69, 9.17) is 4.74 Å². The molecule has 110 valence electrons. The summed E-state index contributed by atoms with van der Waals surface area (Å²) in [6, 6.07) is 13.0. The van der Waals surface area contributed by atoms with Crippen molar-refractivity contribution in [3.63, 3.8) is 0 Å². The molecule has 1 aliphatic carbocycles. The highest BCUT2D eigenvalue weighted by Crippen LogP contribution is 2.40. The zero-order chi connectivity index (χ0) is 14.9. The minimum Gasteiger partial charge on any atom is -0.489 e. The summed E-state index contributed by atoms with van der Waals surface area (Å²) >= 11 is 0. The predicted molar refractivity (Wildman–Crippen MR) is 74.2 cm³/mol. The summed E-state index contributed by atoms with van der Waals surface area (Å²) in [6.45, 7) is 0.132. The van der Waals surface area contributed by atoms with E-state index in [1.165, 1.54) is 24.5 Å². The minimum atomic E-state index is -4.32. The molecule has 2 aromatic carbocycles. The van der Waals surface area contributed by atoms with E-state index in [1.54, 1.807) is 6.07 Å². The number of halogens is 3. The lowest BCUT2D eigenvalue weighted by molar-refractivity contribution is -0.137. The van der Waals surface area contributed by atoms with Crippen molar-refractivity contribution in [1.29, 1.82) is 0 Å². The summed E-state index contributed by atoms with van der Waals surface area (Å²) in [4.78, 5) is 0. The second kappa shape index (κ2) is 5.43. The molecular formula is C17H15F3O. The van der Waals surface area contributed by atoms with Crippen LogP contribution in [0.1, 0.15) is 35.4 Å². The Morgan fingerprint density at radius 1 is 1.00 bits per heavy atom. The van der Waals surface area contributed by atoms with Crippen LogP contribution in [0.5, 0.6) is 5.75 Å². The van der Waals surface area contributed by atoms with Gasteiger partial charge in [0.1, 0.15) is 12.4 Å². The standard InChI is InChI=1S/C17H15F3O/c18-17(19,20)15-3-1-2-12(10-15)11-21-16-8-6-14(7-9-16)13-4-5-13/h1-3,6-10,13H,4-5,11H2. The topological polar surface area (TPSA) is 9.23 Å². The molecule has 0 N–H and O–H groups in total. The quantitative estimate of drug-likeness (QED) is 0.756. The van der Waals surface area contributed by atoms with Gasteiger partial charge in [0, 0.05) is 0 Å². The molecule has 21 heavy (non-hydrogen) atoms. The molecule has 0 bridgehead atoms. The number of hydrogen-bond donors (Lipinski definition) is 0. The van der Waals surface area contributed by atoms with Crippen molar-refractivity contribution in [2.75, 3.05) is 0 Å². The van der Waals surface area contributed by atoms with Gasteiger partial charge < -0.3 is 4.74 Å². The summed E-state index contributed by atoms with van der Waals surface area (Å²) in [6.07, 6.45) is -1.84. The Morgan fingerprint density at radius 3 is 2.33 bits per heavy atom.